The molecule has 1 aromatic carbocycles. The molecule has 1 aliphatic rings. The van der Waals surface area contributed by atoms with Crippen LogP contribution in [-0.4, -0.2) is 39.6 Å². The van der Waals surface area contributed by atoms with Gasteiger partial charge in [0.2, 0.25) is 5.91 Å². The number of carbonyl (C=O) groups excluding carboxylic acids is 1. The van der Waals surface area contributed by atoms with Crippen LogP contribution < -0.4 is 16.0 Å². The van der Waals surface area contributed by atoms with Gasteiger partial charge in [-0.25, -0.2) is 4.79 Å². The molecule has 1 fully saturated rings. The van der Waals surface area contributed by atoms with Crippen molar-refractivity contribution in [3.8, 4) is 5.75 Å². The van der Waals surface area contributed by atoms with Crippen LogP contribution in [0.2, 0.25) is 0 Å². The molecule has 0 radical (unpaired) electrons. The van der Waals surface area contributed by atoms with Crippen LogP contribution in [0.5, 0.6) is 5.75 Å². The Bertz CT molecular complexity index is 1190. The molecule has 1 amide bonds. The Hall–Kier alpha value is -2.87. The smallest absolute Gasteiger partial charge is 0.332 e. The van der Waals surface area contributed by atoms with Crippen molar-refractivity contribution in [1.29, 1.82) is 0 Å². The second-order valence-electron chi connectivity index (χ2n) is 7.68. The molecule has 4 rings (SSSR count). The number of aromatic nitrogens is 2. The van der Waals surface area contributed by atoms with Gasteiger partial charge in [-0.1, -0.05) is 12.1 Å². The maximum Gasteiger partial charge on any atom is 0.332 e. The van der Waals surface area contributed by atoms with E-state index in [4.69, 9.17) is 4.74 Å². The number of methoxy groups -OCH3 is 1. The molecule has 8 heteroatoms. The van der Waals surface area contributed by atoms with Crippen LogP contribution in [-0.2, 0) is 17.9 Å². The molecule has 0 N–H and O–H groups in total. The summed E-state index contributed by atoms with van der Waals surface area (Å²) in [7, 11) is 1.57. The Morgan fingerprint density at radius 1 is 1.20 bits per heavy atom. The van der Waals surface area contributed by atoms with Gasteiger partial charge in [-0.15, -0.1) is 11.3 Å². The van der Waals surface area contributed by atoms with Crippen LogP contribution in [0.4, 0.5) is 0 Å². The van der Waals surface area contributed by atoms with Crippen LogP contribution in [0.25, 0.3) is 10.2 Å². The van der Waals surface area contributed by atoms with E-state index in [1.165, 1.54) is 20.5 Å². The van der Waals surface area contributed by atoms with E-state index in [-0.39, 0.29) is 30.6 Å². The number of piperidine rings is 1. The van der Waals surface area contributed by atoms with E-state index in [0.29, 0.717) is 22.5 Å². The number of benzene rings is 1. The molecule has 0 bridgehead atoms. The topological polar surface area (TPSA) is 73.5 Å². The lowest BCUT2D eigenvalue weighted by Gasteiger charge is -2.33. The van der Waals surface area contributed by atoms with Crippen LogP contribution in [0.1, 0.15) is 31.7 Å². The summed E-state index contributed by atoms with van der Waals surface area (Å²) in [5, 5.41) is 1.78. The summed E-state index contributed by atoms with van der Waals surface area (Å²) in [6, 6.07) is 9.19. The second-order valence-corrected chi connectivity index (χ2v) is 8.59. The zero-order valence-corrected chi connectivity index (χ0v) is 18.0. The summed E-state index contributed by atoms with van der Waals surface area (Å²) in [6.07, 6.45) is 3.07. The Balaban J connectivity index is 1.74. The van der Waals surface area contributed by atoms with Gasteiger partial charge in [0.15, 0.2) is 0 Å². The summed E-state index contributed by atoms with van der Waals surface area (Å²) < 4.78 is 8.38. The summed E-state index contributed by atoms with van der Waals surface area (Å²) in [4.78, 5) is 41.1. The lowest BCUT2D eigenvalue weighted by Crippen LogP contribution is -2.47. The predicted octanol–water partition coefficient (Wildman–Crippen LogP) is 2.68. The number of fused-ring (bicyclic) bond motifs is 1. The van der Waals surface area contributed by atoms with Gasteiger partial charge in [-0.3, -0.25) is 18.7 Å². The van der Waals surface area contributed by atoms with Gasteiger partial charge >= 0.3 is 5.69 Å². The normalized spacial score (nSPS) is 16.7. The minimum atomic E-state index is -0.466. The average Bonchev–Trinajstić information content (AvgIpc) is 3.24. The summed E-state index contributed by atoms with van der Waals surface area (Å²) >= 11 is 1.29. The first kappa shape index (κ1) is 20.4. The molecule has 3 heterocycles. The monoisotopic (exact) mass is 427 g/mol. The van der Waals surface area contributed by atoms with Gasteiger partial charge in [0.05, 0.1) is 19.2 Å². The molecule has 0 saturated carbocycles. The first-order chi connectivity index (χ1) is 14.5. The Morgan fingerprint density at radius 3 is 2.80 bits per heavy atom. The van der Waals surface area contributed by atoms with Crippen molar-refractivity contribution >= 4 is 27.5 Å². The van der Waals surface area contributed by atoms with Gasteiger partial charge in [-0.05, 0) is 55.3 Å². The molecule has 1 atom stereocenters. The minimum Gasteiger partial charge on any atom is -0.497 e. The van der Waals surface area contributed by atoms with Crippen LogP contribution in [0, 0.1) is 0 Å². The van der Waals surface area contributed by atoms with Gasteiger partial charge in [0.1, 0.15) is 17.0 Å². The summed E-state index contributed by atoms with van der Waals surface area (Å²) in [5.41, 5.74) is 0.511. The number of amides is 1. The van der Waals surface area contributed by atoms with Gasteiger partial charge in [-0.2, -0.15) is 0 Å². The van der Waals surface area contributed by atoms with E-state index < -0.39 is 5.69 Å². The molecule has 1 saturated heterocycles. The lowest BCUT2D eigenvalue weighted by molar-refractivity contribution is -0.135. The molecule has 0 aliphatic carbocycles. The predicted molar refractivity (Wildman–Crippen MR) is 117 cm³/mol. The van der Waals surface area contributed by atoms with E-state index in [1.54, 1.807) is 24.6 Å². The largest absolute Gasteiger partial charge is 0.497 e. The van der Waals surface area contributed by atoms with Crippen molar-refractivity contribution in [2.75, 3.05) is 13.7 Å². The quantitative estimate of drug-likeness (QED) is 0.628. The SMILES string of the molecule is COc1cccc(Cn2c(=O)c3sccc3n(CC(=O)N3CCCCC3C)c2=O)c1. The molecule has 3 aromatic rings. The third kappa shape index (κ3) is 3.79. The van der Waals surface area contributed by atoms with E-state index >= 15 is 0 Å². The number of hydrogen-bond acceptors (Lipinski definition) is 5. The van der Waals surface area contributed by atoms with Crippen LogP contribution >= 0.6 is 11.3 Å². The van der Waals surface area contributed by atoms with E-state index in [2.05, 4.69) is 0 Å². The first-order valence-corrected chi connectivity index (χ1v) is 11.0. The average molecular weight is 428 g/mol. The first-order valence-electron chi connectivity index (χ1n) is 10.1. The van der Waals surface area contributed by atoms with E-state index in [0.717, 1.165) is 24.8 Å². The second kappa shape index (κ2) is 8.47. The highest BCUT2D eigenvalue weighted by molar-refractivity contribution is 7.17. The Kier molecular flexibility index (Phi) is 5.76. The van der Waals surface area contributed by atoms with Gasteiger partial charge in [0.25, 0.3) is 5.56 Å². The van der Waals surface area contributed by atoms with Crippen LogP contribution in [0.15, 0.2) is 45.3 Å². The molecular formula is C22H25N3O4S. The highest BCUT2D eigenvalue weighted by Gasteiger charge is 2.25. The molecule has 2 aromatic heterocycles. The number of thiophene rings is 1. The molecule has 0 spiro atoms. The molecule has 1 aliphatic heterocycles. The molecule has 7 nitrogen and oxygen atoms in total. The zero-order chi connectivity index (χ0) is 21.3. The zero-order valence-electron chi connectivity index (χ0n) is 17.2. The minimum absolute atomic E-state index is 0.0607. The number of nitrogens with zero attached hydrogens (tertiary/aromatic N) is 3. The van der Waals surface area contributed by atoms with Gasteiger partial charge in [0, 0.05) is 12.6 Å². The van der Waals surface area contributed by atoms with Crippen molar-refractivity contribution in [3.05, 3.63) is 62.1 Å². The van der Waals surface area contributed by atoms with Crippen molar-refractivity contribution in [3.63, 3.8) is 0 Å². The number of likely N-dealkylation sites (tertiary alicyclic amines) is 1. The van der Waals surface area contributed by atoms with E-state index in [9.17, 15) is 14.4 Å². The van der Waals surface area contributed by atoms with Crippen molar-refractivity contribution in [1.82, 2.24) is 14.0 Å². The maximum absolute atomic E-state index is 13.3. The number of carbonyl (C=O) groups is 1. The molecule has 158 valence electrons. The third-order valence-electron chi connectivity index (χ3n) is 5.73. The fourth-order valence-corrected chi connectivity index (χ4v) is 4.92. The molecule has 30 heavy (non-hydrogen) atoms. The fraction of sp³-hybridized carbons (Fsp3) is 0.409. The number of hydrogen-bond donors (Lipinski definition) is 0. The highest BCUT2D eigenvalue weighted by atomic mass is 32.1. The van der Waals surface area contributed by atoms with Crippen molar-refractivity contribution in [2.45, 2.75) is 45.3 Å². The summed E-state index contributed by atoms with van der Waals surface area (Å²) in [5.74, 6) is 0.579. The molecular weight excluding hydrogens is 402 g/mol. The number of ether oxygens (including phenoxy) is 1. The maximum atomic E-state index is 13.3. The third-order valence-corrected chi connectivity index (χ3v) is 6.62. The molecule has 1 unspecified atom stereocenters. The van der Waals surface area contributed by atoms with Crippen LogP contribution in [0.3, 0.4) is 0 Å². The fourth-order valence-electron chi connectivity index (χ4n) is 4.07. The summed E-state index contributed by atoms with van der Waals surface area (Å²) in [6.45, 7) is 2.82. The standard InChI is InChI=1S/C22H25N3O4S/c1-15-6-3-4-10-23(15)19(26)14-24-18-9-11-30-20(18)21(27)25(22(24)28)13-16-7-5-8-17(12-16)29-2/h5,7-9,11-12,15H,3-4,6,10,13-14H2,1-2H3. The Labute approximate surface area is 178 Å². The number of rotatable bonds is 5. The van der Waals surface area contributed by atoms with Gasteiger partial charge < -0.3 is 9.64 Å². The van der Waals surface area contributed by atoms with E-state index in [1.807, 2.05) is 30.0 Å². The Morgan fingerprint density at radius 2 is 2.03 bits per heavy atom. The highest BCUT2D eigenvalue weighted by Crippen LogP contribution is 2.19. The van der Waals surface area contributed by atoms with Crippen molar-refractivity contribution in [2.24, 2.45) is 0 Å². The lowest BCUT2D eigenvalue weighted by atomic mass is 10.0. The van der Waals surface area contributed by atoms with Crippen molar-refractivity contribution < 1.29 is 9.53 Å².